The van der Waals surface area contributed by atoms with E-state index < -0.39 is 11.1 Å². The van der Waals surface area contributed by atoms with Gasteiger partial charge >= 0.3 is 0 Å². The largest absolute Gasteiger partial charge is 0.493 e. The molecule has 0 unspecified atom stereocenters. The molecule has 5 rings (SSSR count). The Labute approximate surface area is 233 Å². The predicted octanol–water partition coefficient (Wildman–Crippen LogP) is 4.99. The van der Waals surface area contributed by atoms with E-state index in [9.17, 15) is 14.4 Å². The van der Waals surface area contributed by atoms with Crippen LogP contribution in [-0.4, -0.2) is 61.4 Å². The Balaban J connectivity index is 1.30. The van der Waals surface area contributed by atoms with Gasteiger partial charge in [0.1, 0.15) is 5.69 Å². The monoisotopic (exact) mass is 559 g/mol. The lowest BCUT2D eigenvalue weighted by Gasteiger charge is -2.14. The van der Waals surface area contributed by atoms with Gasteiger partial charge in [-0.25, -0.2) is 4.98 Å². The molecule has 1 saturated heterocycles. The second-order valence-electron chi connectivity index (χ2n) is 8.60. The topological polar surface area (TPSA) is 120 Å². The molecule has 4 aromatic rings. The number of nitrogens with one attached hydrogen (secondary N) is 1. The highest BCUT2D eigenvalue weighted by Gasteiger charge is 2.35. The molecule has 11 heteroatoms. The molecule has 0 radical (unpaired) electrons. The Hall–Kier alpha value is -4.77. The van der Waals surface area contributed by atoms with Gasteiger partial charge in [0.2, 0.25) is 5.75 Å². The average Bonchev–Trinajstić information content (AvgIpc) is 3.60. The normalized spacial score (nSPS) is 14.2. The highest BCUT2D eigenvalue weighted by atomic mass is 32.2. The Bertz CT molecular complexity index is 1610. The van der Waals surface area contributed by atoms with Crippen molar-refractivity contribution >= 4 is 45.8 Å². The zero-order valence-electron chi connectivity index (χ0n) is 21.9. The predicted molar refractivity (Wildman–Crippen MR) is 151 cm³/mol. The molecule has 1 aliphatic rings. The summed E-state index contributed by atoms with van der Waals surface area (Å²) in [5, 5.41) is 3.07. The minimum atomic E-state index is -0.451. The standard InChI is InChI=1S/C29H25N3O7S/c1-36-23-13-17(14-24(37-2)26(23)38-3)15-25-28(34)32(29(35)40-25)11-10-30-27(33)19-16-21(22-9-6-12-39-22)31-20-8-5-4-7-18(19)20/h4-9,12-16H,10-11H2,1-3H3,(H,30,33)/b25-15-. The molecule has 0 bridgehead atoms. The molecule has 0 aliphatic carbocycles. The van der Waals surface area contributed by atoms with E-state index in [0.29, 0.717) is 50.7 Å². The smallest absolute Gasteiger partial charge is 0.293 e. The van der Waals surface area contributed by atoms with Gasteiger partial charge in [0.25, 0.3) is 17.1 Å². The molecule has 1 fully saturated rings. The lowest BCUT2D eigenvalue weighted by atomic mass is 10.1. The lowest BCUT2D eigenvalue weighted by molar-refractivity contribution is -0.122. The van der Waals surface area contributed by atoms with Crippen LogP contribution < -0.4 is 19.5 Å². The third-order valence-corrected chi connectivity index (χ3v) is 7.12. The van der Waals surface area contributed by atoms with E-state index in [1.54, 1.807) is 42.7 Å². The van der Waals surface area contributed by atoms with Gasteiger partial charge in [0.15, 0.2) is 17.3 Å². The summed E-state index contributed by atoms with van der Waals surface area (Å²) in [6, 6.07) is 15.9. The molecule has 1 aliphatic heterocycles. The van der Waals surface area contributed by atoms with Crippen LogP contribution in [0.4, 0.5) is 4.79 Å². The molecule has 1 N–H and O–H groups in total. The second-order valence-corrected chi connectivity index (χ2v) is 9.59. The van der Waals surface area contributed by atoms with Crippen molar-refractivity contribution in [2.75, 3.05) is 34.4 Å². The molecule has 2 aromatic carbocycles. The molecule has 0 saturated carbocycles. The first kappa shape index (κ1) is 26.8. The number of carbonyl (C=O) groups excluding carboxylic acids is 3. The first-order valence-electron chi connectivity index (χ1n) is 12.2. The van der Waals surface area contributed by atoms with Crippen LogP contribution in [0.2, 0.25) is 0 Å². The van der Waals surface area contributed by atoms with Gasteiger partial charge in [0.05, 0.1) is 43.6 Å². The molecule has 3 amide bonds. The number of hydrogen-bond acceptors (Lipinski definition) is 9. The number of pyridine rings is 1. The maximum absolute atomic E-state index is 13.2. The van der Waals surface area contributed by atoms with Crippen molar-refractivity contribution < 1.29 is 33.0 Å². The Morgan fingerprint density at radius 3 is 2.45 bits per heavy atom. The van der Waals surface area contributed by atoms with Crippen LogP contribution in [0.5, 0.6) is 17.2 Å². The minimum absolute atomic E-state index is 0.0110. The maximum atomic E-state index is 13.2. The van der Waals surface area contributed by atoms with Crippen molar-refractivity contribution in [3.05, 3.63) is 76.9 Å². The number of fused-ring (bicyclic) bond motifs is 1. The van der Waals surface area contributed by atoms with E-state index in [-0.39, 0.29) is 23.9 Å². The van der Waals surface area contributed by atoms with Gasteiger partial charge in [-0.3, -0.25) is 19.3 Å². The quantitative estimate of drug-likeness (QED) is 0.283. The van der Waals surface area contributed by atoms with Crippen molar-refractivity contribution in [2.24, 2.45) is 0 Å². The molecular formula is C29H25N3O7S. The third kappa shape index (κ3) is 5.23. The van der Waals surface area contributed by atoms with E-state index in [0.717, 1.165) is 16.7 Å². The number of amides is 3. The van der Waals surface area contributed by atoms with Crippen LogP contribution >= 0.6 is 11.8 Å². The SMILES string of the molecule is COc1cc(/C=C2\SC(=O)N(CCNC(=O)c3cc(-c4ccco4)nc4ccccc34)C2=O)cc(OC)c1OC. The average molecular weight is 560 g/mol. The fraction of sp³-hybridized carbons (Fsp3) is 0.172. The maximum Gasteiger partial charge on any atom is 0.293 e. The van der Waals surface area contributed by atoms with E-state index in [1.165, 1.54) is 21.3 Å². The van der Waals surface area contributed by atoms with Gasteiger partial charge < -0.3 is 23.9 Å². The lowest BCUT2D eigenvalue weighted by Crippen LogP contribution is -2.37. The summed E-state index contributed by atoms with van der Waals surface area (Å²) in [6.07, 6.45) is 3.13. The fourth-order valence-electron chi connectivity index (χ4n) is 4.32. The Morgan fingerprint density at radius 1 is 1.02 bits per heavy atom. The first-order chi connectivity index (χ1) is 19.4. The zero-order chi connectivity index (χ0) is 28.2. The molecule has 204 valence electrons. The zero-order valence-corrected chi connectivity index (χ0v) is 22.7. The van der Waals surface area contributed by atoms with E-state index in [2.05, 4.69) is 10.3 Å². The molecule has 10 nitrogen and oxygen atoms in total. The molecule has 3 heterocycles. The Kier molecular flexibility index (Phi) is 7.74. The molecule has 0 spiro atoms. The number of methoxy groups -OCH3 is 3. The summed E-state index contributed by atoms with van der Waals surface area (Å²) < 4.78 is 21.5. The van der Waals surface area contributed by atoms with Crippen LogP contribution in [0.25, 0.3) is 28.4 Å². The van der Waals surface area contributed by atoms with Crippen LogP contribution in [0.1, 0.15) is 15.9 Å². The van der Waals surface area contributed by atoms with Gasteiger partial charge in [-0.15, -0.1) is 0 Å². The summed E-state index contributed by atoms with van der Waals surface area (Å²) in [4.78, 5) is 44.8. The van der Waals surface area contributed by atoms with E-state index >= 15 is 0 Å². The number of imide groups is 1. The van der Waals surface area contributed by atoms with Crippen molar-refractivity contribution in [1.29, 1.82) is 0 Å². The number of aromatic nitrogens is 1. The number of benzene rings is 2. The van der Waals surface area contributed by atoms with Crippen LogP contribution in [0.15, 0.2) is 70.2 Å². The first-order valence-corrected chi connectivity index (χ1v) is 13.0. The molecule has 0 atom stereocenters. The van der Waals surface area contributed by atoms with Crippen molar-refractivity contribution in [3.63, 3.8) is 0 Å². The van der Waals surface area contributed by atoms with Gasteiger partial charge in [0, 0.05) is 18.5 Å². The number of para-hydroxylation sites is 1. The summed E-state index contributed by atoms with van der Waals surface area (Å²) in [6.45, 7) is 0.0815. The number of furan rings is 1. The number of rotatable bonds is 9. The summed E-state index contributed by atoms with van der Waals surface area (Å²) >= 11 is 0.825. The summed E-state index contributed by atoms with van der Waals surface area (Å²) in [5.74, 6) is 1.00. The van der Waals surface area contributed by atoms with E-state index in [1.807, 2.05) is 24.3 Å². The number of thioether (sulfide) groups is 1. The highest BCUT2D eigenvalue weighted by molar-refractivity contribution is 8.18. The van der Waals surface area contributed by atoms with Crippen LogP contribution in [0, 0.1) is 0 Å². The molecule has 40 heavy (non-hydrogen) atoms. The summed E-state index contributed by atoms with van der Waals surface area (Å²) in [7, 11) is 4.49. The van der Waals surface area contributed by atoms with E-state index in [4.69, 9.17) is 18.6 Å². The van der Waals surface area contributed by atoms with Crippen molar-refractivity contribution in [3.8, 4) is 28.7 Å². The van der Waals surface area contributed by atoms with Crippen LogP contribution in [0.3, 0.4) is 0 Å². The van der Waals surface area contributed by atoms with Crippen molar-refractivity contribution in [2.45, 2.75) is 0 Å². The highest BCUT2D eigenvalue weighted by Crippen LogP contribution is 2.40. The Morgan fingerprint density at radius 2 is 1.77 bits per heavy atom. The van der Waals surface area contributed by atoms with Crippen LogP contribution in [-0.2, 0) is 4.79 Å². The minimum Gasteiger partial charge on any atom is -0.493 e. The molecule has 2 aromatic heterocycles. The summed E-state index contributed by atoms with van der Waals surface area (Å²) in [5.41, 5.74) is 2.18. The van der Waals surface area contributed by atoms with Crippen molar-refractivity contribution in [1.82, 2.24) is 15.2 Å². The molecular weight excluding hydrogens is 534 g/mol. The number of nitrogens with zero attached hydrogens (tertiary/aromatic N) is 2. The fourth-order valence-corrected chi connectivity index (χ4v) is 5.18. The number of carbonyl (C=O) groups is 3. The van der Waals surface area contributed by atoms with Gasteiger partial charge in [-0.2, -0.15) is 0 Å². The van der Waals surface area contributed by atoms with Gasteiger partial charge in [-0.1, -0.05) is 18.2 Å². The number of ether oxygens (including phenoxy) is 3. The second kappa shape index (κ2) is 11.5. The number of hydrogen-bond donors (Lipinski definition) is 1. The third-order valence-electron chi connectivity index (χ3n) is 6.21. The van der Waals surface area contributed by atoms with Gasteiger partial charge in [-0.05, 0) is 59.8 Å².